The predicted molar refractivity (Wildman–Crippen MR) is 160 cm³/mol. The molecule has 3 rings (SSSR count). The molecule has 0 saturated carbocycles. The lowest BCUT2D eigenvalue weighted by Crippen LogP contribution is -2.22. The molecule has 0 amide bonds. The topological polar surface area (TPSA) is 93.6 Å². The standard InChI is InChI=1S/C28H43N3O2.C4H8O2/c1-5-8-10-11-13-22(7-3)29-28-26(14-9-6-2)25-15-12-18-33-20-21-19-23(32-4)16-17-24(21)27(25)30-31-28;1-2-3-4(5)6/h16-17,19,22H,5-15,18,20H2,1-4H3,(H,29,31);2-3H2,1H3,(H,5,6). The van der Waals surface area contributed by atoms with Gasteiger partial charge in [-0.2, -0.15) is 0 Å². The third-order valence-electron chi connectivity index (χ3n) is 7.21. The minimum atomic E-state index is -0.711. The number of nitrogens with zero attached hydrogens (tertiary/aromatic N) is 2. The molecule has 2 aromatic rings. The number of unbranched alkanes of at least 4 members (excludes halogenated alkanes) is 4. The van der Waals surface area contributed by atoms with E-state index in [9.17, 15) is 4.79 Å². The summed E-state index contributed by atoms with van der Waals surface area (Å²) in [5.41, 5.74) is 5.97. The summed E-state index contributed by atoms with van der Waals surface area (Å²) >= 11 is 0. The maximum absolute atomic E-state index is 9.60. The monoisotopic (exact) mass is 541 g/mol. The summed E-state index contributed by atoms with van der Waals surface area (Å²) in [6, 6.07) is 6.66. The van der Waals surface area contributed by atoms with Crippen LogP contribution in [0.25, 0.3) is 11.3 Å². The number of ether oxygens (including phenoxy) is 2. The lowest BCUT2D eigenvalue weighted by atomic mass is 9.93. The van der Waals surface area contributed by atoms with Crippen LogP contribution in [-0.4, -0.2) is 41.0 Å². The van der Waals surface area contributed by atoms with Crippen molar-refractivity contribution in [2.75, 3.05) is 19.0 Å². The zero-order valence-corrected chi connectivity index (χ0v) is 25.0. The highest BCUT2D eigenvalue weighted by Crippen LogP contribution is 2.35. The molecule has 1 aromatic carbocycles. The number of hydrogen-bond acceptors (Lipinski definition) is 6. The molecular weight excluding hydrogens is 490 g/mol. The lowest BCUT2D eigenvalue weighted by Gasteiger charge is -2.22. The van der Waals surface area contributed by atoms with Crippen LogP contribution in [0.3, 0.4) is 0 Å². The number of aliphatic carboxylic acids is 1. The molecule has 0 fully saturated rings. The first kappa shape index (κ1) is 32.5. The maximum Gasteiger partial charge on any atom is 0.303 e. The summed E-state index contributed by atoms with van der Waals surface area (Å²) in [5.74, 6) is 1.14. The molecule has 0 spiro atoms. The summed E-state index contributed by atoms with van der Waals surface area (Å²) in [6.45, 7) is 9.97. The molecule has 0 bridgehead atoms. The van der Waals surface area contributed by atoms with Crippen molar-refractivity contribution in [3.8, 4) is 17.0 Å². The Labute approximate surface area is 236 Å². The van der Waals surface area contributed by atoms with Gasteiger partial charge in [-0.1, -0.05) is 59.8 Å². The Bertz CT molecular complexity index is 996. The van der Waals surface area contributed by atoms with Gasteiger partial charge in [-0.05, 0) is 74.3 Å². The Morgan fingerprint density at radius 3 is 2.51 bits per heavy atom. The number of rotatable bonds is 14. The molecule has 1 atom stereocenters. The number of aromatic nitrogens is 2. The molecule has 0 aliphatic carbocycles. The zero-order valence-electron chi connectivity index (χ0n) is 25.0. The number of carboxylic acids is 1. The highest BCUT2D eigenvalue weighted by molar-refractivity contribution is 5.71. The van der Waals surface area contributed by atoms with Gasteiger partial charge in [-0.25, -0.2) is 0 Å². The van der Waals surface area contributed by atoms with Gasteiger partial charge in [0, 0.05) is 30.2 Å². The van der Waals surface area contributed by atoms with Gasteiger partial charge in [-0.3, -0.25) is 4.79 Å². The second-order valence-corrected chi connectivity index (χ2v) is 10.4. The van der Waals surface area contributed by atoms with Crippen LogP contribution in [0.5, 0.6) is 5.75 Å². The molecule has 1 aromatic heterocycles. The molecule has 2 N–H and O–H groups in total. The zero-order chi connectivity index (χ0) is 28.5. The Kier molecular flexibility index (Phi) is 15.5. The molecule has 1 aliphatic rings. The molecule has 7 heteroatoms. The minimum absolute atomic E-state index is 0.292. The van der Waals surface area contributed by atoms with Crippen LogP contribution >= 0.6 is 0 Å². The number of carboxylic acid groups (broad SMARTS) is 1. The van der Waals surface area contributed by atoms with Crippen molar-refractivity contribution in [3.05, 3.63) is 34.9 Å². The fourth-order valence-electron chi connectivity index (χ4n) is 4.91. The minimum Gasteiger partial charge on any atom is -0.497 e. The van der Waals surface area contributed by atoms with E-state index in [0.29, 0.717) is 19.1 Å². The highest BCUT2D eigenvalue weighted by Gasteiger charge is 2.22. The average Bonchev–Trinajstić information content (AvgIpc) is 3.02. The summed E-state index contributed by atoms with van der Waals surface area (Å²) < 4.78 is 11.5. The van der Waals surface area contributed by atoms with Crippen molar-refractivity contribution >= 4 is 11.8 Å². The van der Waals surface area contributed by atoms with Crippen LogP contribution in [0.4, 0.5) is 5.82 Å². The number of fused-ring (bicyclic) bond motifs is 3. The first-order valence-corrected chi connectivity index (χ1v) is 15.1. The van der Waals surface area contributed by atoms with Gasteiger partial charge in [0.15, 0.2) is 5.82 Å². The van der Waals surface area contributed by atoms with Gasteiger partial charge in [0.25, 0.3) is 0 Å². The van der Waals surface area contributed by atoms with Gasteiger partial charge in [0.2, 0.25) is 0 Å². The second kappa shape index (κ2) is 18.6. The molecule has 218 valence electrons. The van der Waals surface area contributed by atoms with E-state index in [1.165, 1.54) is 49.7 Å². The summed E-state index contributed by atoms with van der Waals surface area (Å²) in [6.07, 6.45) is 13.8. The van der Waals surface area contributed by atoms with Crippen molar-refractivity contribution in [3.63, 3.8) is 0 Å². The Morgan fingerprint density at radius 2 is 1.87 bits per heavy atom. The van der Waals surface area contributed by atoms with E-state index in [0.717, 1.165) is 73.5 Å². The lowest BCUT2D eigenvalue weighted by molar-refractivity contribution is -0.137. The van der Waals surface area contributed by atoms with Gasteiger partial charge in [0.1, 0.15) is 5.75 Å². The van der Waals surface area contributed by atoms with E-state index < -0.39 is 5.97 Å². The normalized spacial score (nSPS) is 13.5. The Balaban J connectivity index is 0.000000798. The fraction of sp³-hybridized carbons (Fsp3) is 0.656. The van der Waals surface area contributed by atoms with Crippen molar-refractivity contribution in [1.29, 1.82) is 0 Å². The first-order chi connectivity index (χ1) is 19.0. The molecular formula is C32H51N3O4. The number of methoxy groups -OCH3 is 1. The second-order valence-electron chi connectivity index (χ2n) is 10.4. The van der Waals surface area contributed by atoms with E-state index in [2.05, 4.69) is 38.2 Å². The van der Waals surface area contributed by atoms with Crippen LogP contribution in [0, 0.1) is 0 Å². The van der Waals surface area contributed by atoms with Gasteiger partial charge < -0.3 is 19.9 Å². The number of nitrogens with one attached hydrogen (secondary N) is 1. The van der Waals surface area contributed by atoms with Crippen molar-refractivity contribution in [1.82, 2.24) is 10.2 Å². The number of anilines is 1. The molecule has 39 heavy (non-hydrogen) atoms. The van der Waals surface area contributed by atoms with Gasteiger partial charge in [0.05, 0.1) is 19.4 Å². The third kappa shape index (κ3) is 10.8. The quantitative estimate of drug-likeness (QED) is 0.234. The van der Waals surface area contributed by atoms with Crippen LogP contribution < -0.4 is 10.1 Å². The average molecular weight is 542 g/mol. The molecule has 0 radical (unpaired) electrons. The van der Waals surface area contributed by atoms with E-state index in [1.807, 2.05) is 13.0 Å². The maximum atomic E-state index is 9.60. The van der Waals surface area contributed by atoms with Crippen LogP contribution in [-0.2, 0) is 29.0 Å². The van der Waals surface area contributed by atoms with Crippen molar-refractivity contribution in [2.45, 2.75) is 124 Å². The smallest absolute Gasteiger partial charge is 0.303 e. The third-order valence-corrected chi connectivity index (χ3v) is 7.21. The SMILES string of the molecule is CCCC(=O)O.CCCCCCC(CC)Nc1nnc2c(c1CCCC)CCCOCc1cc(OC)ccc1-2. The summed E-state index contributed by atoms with van der Waals surface area (Å²) in [5, 5.41) is 21.3. The summed E-state index contributed by atoms with van der Waals surface area (Å²) in [7, 11) is 1.71. The Morgan fingerprint density at radius 1 is 1.08 bits per heavy atom. The number of hydrogen-bond donors (Lipinski definition) is 2. The Hall–Kier alpha value is -2.67. The molecule has 1 unspecified atom stereocenters. The molecule has 7 nitrogen and oxygen atoms in total. The van der Waals surface area contributed by atoms with Crippen LogP contribution in [0.15, 0.2) is 18.2 Å². The predicted octanol–water partition coefficient (Wildman–Crippen LogP) is 7.99. The van der Waals surface area contributed by atoms with Gasteiger partial charge in [-0.15, -0.1) is 10.2 Å². The summed E-state index contributed by atoms with van der Waals surface area (Å²) in [4.78, 5) is 9.60. The largest absolute Gasteiger partial charge is 0.497 e. The molecule has 0 saturated heterocycles. The van der Waals surface area contributed by atoms with E-state index >= 15 is 0 Å². The van der Waals surface area contributed by atoms with E-state index in [-0.39, 0.29) is 0 Å². The number of carbonyl (C=O) groups is 1. The van der Waals surface area contributed by atoms with Crippen LogP contribution in [0.1, 0.15) is 115 Å². The number of benzene rings is 1. The van der Waals surface area contributed by atoms with E-state index in [1.54, 1.807) is 7.11 Å². The van der Waals surface area contributed by atoms with E-state index in [4.69, 9.17) is 24.8 Å². The van der Waals surface area contributed by atoms with Gasteiger partial charge >= 0.3 is 5.97 Å². The molecule has 1 aliphatic heterocycles. The van der Waals surface area contributed by atoms with Crippen molar-refractivity contribution in [2.24, 2.45) is 0 Å². The van der Waals surface area contributed by atoms with Crippen LogP contribution in [0.2, 0.25) is 0 Å². The van der Waals surface area contributed by atoms with Crippen molar-refractivity contribution < 1.29 is 19.4 Å². The highest BCUT2D eigenvalue weighted by atomic mass is 16.5. The molecule has 2 heterocycles. The first-order valence-electron chi connectivity index (χ1n) is 15.1. The fourth-order valence-corrected chi connectivity index (χ4v) is 4.91.